The zero-order valence-electron chi connectivity index (χ0n) is 7.75. The molecular weight excluding hydrogens is 240 g/mol. The first-order valence-electron chi connectivity index (χ1n) is 4.39. The number of rotatable bonds is 1. The van der Waals surface area contributed by atoms with Crippen LogP contribution in [-0.4, -0.2) is 6.29 Å². The number of allylic oxidation sites excluding steroid dienone is 4. The van der Waals surface area contributed by atoms with E-state index in [-0.39, 0.29) is 0 Å². The largest absolute Gasteiger partial charge is 0.298 e. The van der Waals surface area contributed by atoms with Crippen LogP contribution in [0.5, 0.6) is 0 Å². The van der Waals surface area contributed by atoms with Gasteiger partial charge in [0.2, 0.25) is 0 Å². The van der Waals surface area contributed by atoms with Gasteiger partial charge in [-0.3, -0.25) is 4.79 Å². The van der Waals surface area contributed by atoms with Crippen LogP contribution in [0, 0.1) is 0 Å². The Kier molecular flexibility index (Phi) is 2.38. The van der Waals surface area contributed by atoms with Gasteiger partial charge in [-0.05, 0) is 41.8 Å². The van der Waals surface area contributed by atoms with Gasteiger partial charge in [0.1, 0.15) is 0 Å². The van der Waals surface area contributed by atoms with E-state index in [1.807, 2.05) is 37.3 Å². The van der Waals surface area contributed by atoms with Crippen molar-refractivity contribution in [1.82, 2.24) is 0 Å². The van der Waals surface area contributed by atoms with Crippen molar-refractivity contribution in [2.24, 2.45) is 0 Å². The van der Waals surface area contributed by atoms with Crippen molar-refractivity contribution >= 4 is 33.4 Å². The molecule has 1 aromatic rings. The van der Waals surface area contributed by atoms with Gasteiger partial charge >= 0.3 is 0 Å². The average Bonchev–Trinajstić information content (AvgIpc) is 2.55. The zero-order valence-corrected chi connectivity index (χ0v) is 9.34. The molecule has 0 fully saturated rings. The van der Waals surface area contributed by atoms with Gasteiger partial charge in [-0.2, -0.15) is 0 Å². The summed E-state index contributed by atoms with van der Waals surface area (Å²) in [6.45, 7) is 1.98. The predicted molar refractivity (Wildman–Crippen MR) is 61.8 cm³/mol. The van der Waals surface area contributed by atoms with Crippen molar-refractivity contribution < 1.29 is 4.79 Å². The molecule has 2 rings (SSSR count). The second-order valence-corrected chi connectivity index (χ2v) is 4.07. The number of aldehydes is 1. The molecule has 1 aliphatic rings. The van der Waals surface area contributed by atoms with Crippen LogP contribution in [0.4, 0.5) is 0 Å². The highest BCUT2D eigenvalue weighted by Gasteiger charge is 2.16. The molecule has 0 N–H and O–H groups in total. The lowest BCUT2D eigenvalue weighted by Gasteiger charge is -2.01. The minimum Gasteiger partial charge on any atom is -0.298 e. The minimum absolute atomic E-state index is 0.764. The Morgan fingerprint density at radius 3 is 2.71 bits per heavy atom. The van der Waals surface area contributed by atoms with E-state index in [4.69, 9.17) is 0 Å². The summed E-state index contributed by atoms with van der Waals surface area (Å²) in [4.78, 5) is 10.8. The SMILES string of the molecule is C/C=C1\C=C(C=O)c2ccc(Br)cc21. The Balaban J connectivity index is 2.67. The average molecular weight is 249 g/mol. The molecule has 0 aromatic heterocycles. The third-order valence-electron chi connectivity index (χ3n) is 2.35. The van der Waals surface area contributed by atoms with Crippen LogP contribution in [0.2, 0.25) is 0 Å². The Hall–Kier alpha value is -1.15. The van der Waals surface area contributed by atoms with Crippen molar-refractivity contribution in [2.75, 3.05) is 0 Å². The van der Waals surface area contributed by atoms with Gasteiger partial charge in [0.15, 0.2) is 6.29 Å². The van der Waals surface area contributed by atoms with Gasteiger partial charge in [0, 0.05) is 10.0 Å². The van der Waals surface area contributed by atoms with E-state index in [0.717, 1.165) is 33.0 Å². The predicted octanol–water partition coefficient (Wildman–Crippen LogP) is 3.45. The quantitative estimate of drug-likeness (QED) is 0.696. The lowest BCUT2D eigenvalue weighted by atomic mass is 10.0. The Morgan fingerprint density at radius 1 is 1.29 bits per heavy atom. The second kappa shape index (κ2) is 3.54. The highest BCUT2D eigenvalue weighted by molar-refractivity contribution is 9.10. The molecule has 0 atom stereocenters. The standard InChI is InChI=1S/C12H9BrO/c1-2-8-5-9(7-14)11-4-3-10(13)6-12(8)11/h2-7H,1H3/b8-2+. The summed E-state index contributed by atoms with van der Waals surface area (Å²) in [5.74, 6) is 0. The maximum atomic E-state index is 10.8. The van der Waals surface area contributed by atoms with Crippen molar-refractivity contribution in [3.05, 3.63) is 46.0 Å². The van der Waals surface area contributed by atoms with Crippen LogP contribution < -0.4 is 0 Å². The van der Waals surface area contributed by atoms with Crippen molar-refractivity contribution in [2.45, 2.75) is 6.92 Å². The maximum absolute atomic E-state index is 10.8. The van der Waals surface area contributed by atoms with Crippen LogP contribution in [0.1, 0.15) is 18.1 Å². The molecular formula is C12H9BrO. The fraction of sp³-hybridized carbons (Fsp3) is 0.0833. The summed E-state index contributed by atoms with van der Waals surface area (Å²) < 4.78 is 1.04. The third-order valence-corrected chi connectivity index (χ3v) is 2.85. The molecule has 1 aromatic carbocycles. The summed E-state index contributed by atoms with van der Waals surface area (Å²) in [7, 11) is 0. The molecule has 70 valence electrons. The van der Waals surface area contributed by atoms with Crippen LogP contribution in [0.3, 0.4) is 0 Å². The van der Waals surface area contributed by atoms with Gasteiger partial charge in [-0.25, -0.2) is 0 Å². The lowest BCUT2D eigenvalue weighted by Crippen LogP contribution is -1.84. The van der Waals surface area contributed by atoms with E-state index in [2.05, 4.69) is 15.9 Å². The molecule has 0 saturated carbocycles. The number of halogens is 1. The van der Waals surface area contributed by atoms with E-state index in [1.165, 1.54) is 0 Å². The number of fused-ring (bicyclic) bond motifs is 1. The van der Waals surface area contributed by atoms with E-state index >= 15 is 0 Å². The molecule has 0 spiro atoms. The molecule has 0 heterocycles. The molecule has 0 amide bonds. The van der Waals surface area contributed by atoms with Crippen LogP contribution in [0.15, 0.2) is 34.8 Å². The number of carbonyl (C=O) groups is 1. The lowest BCUT2D eigenvalue weighted by molar-refractivity contribution is -0.103. The molecule has 0 saturated heterocycles. The molecule has 0 unspecified atom stereocenters. The van der Waals surface area contributed by atoms with Gasteiger partial charge < -0.3 is 0 Å². The summed E-state index contributed by atoms with van der Waals surface area (Å²) in [6, 6.07) is 5.96. The zero-order chi connectivity index (χ0) is 10.1. The third kappa shape index (κ3) is 1.36. The van der Waals surface area contributed by atoms with Crippen LogP contribution in [-0.2, 0) is 4.79 Å². The molecule has 0 bridgehead atoms. The van der Waals surface area contributed by atoms with Crippen LogP contribution >= 0.6 is 15.9 Å². The summed E-state index contributed by atoms with van der Waals surface area (Å²) >= 11 is 3.42. The number of carbonyl (C=O) groups excluding carboxylic acids is 1. The topological polar surface area (TPSA) is 17.1 Å². The summed E-state index contributed by atoms with van der Waals surface area (Å²) in [5.41, 5.74) is 4.03. The monoisotopic (exact) mass is 248 g/mol. The van der Waals surface area contributed by atoms with Crippen molar-refractivity contribution in [3.63, 3.8) is 0 Å². The first kappa shape index (κ1) is 9.41. The fourth-order valence-electron chi connectivity index (χ4n) is 1.67. The van der Waals surface area contributed by atoms with Crippen LogP contribution in [0.25, 0.3) is 11.1 Å². The molecule has 1 nitrogen and oxygen atoms in total. The normalized spacial score (nSPS) is 16.7. The van der Waals surface area contributed by atoms with E-state index < -0.39 is 0 Å². The molecule has 2 heteroatoms. The highest BCUT2D eigenvalue weighted by Crippen LogP contribution is 2.35. The van der Waals surface area contributed by atoms with E-state index in [9.17, 15) is 4.79 Å². The van der Waals surface area contributed by atoms with E-state index in [1.54, 1.807) is 0 Å². The molecule has 0 aliphatic heterocycles. The van der Waals surface area contributed by atoms with Gasteiger partial charge in [-0.1, -0.05) is 28.1 Å². The number of hydrogen-bond donors (Lipinski definition) is 0. The molecule has 1 aliphatic carbocycles. The van der Waals surface area contributed by atoms with E-state index in [0.29, 0.717) is 0 Å². The van der Waals surface area contributed by atoms with Crippen molar-refractivity contribution in [3.8, 4) is 0 Å². The first-order valence-corrected chi connectivity index (χ1v) is 5.19. The smallest absolute Gasteiger partial charge is 0.150 e. The van der Waals surface area contributed by atoms with Gasteiger partial charge in [0.05, 0.1) is 0 Å². The van der Waals surface area contributed by atoms with Gasteiger partial charge in [0.25, 0.3) is 0 Å². The van der Waals surface area contributed by atoms with Crippen molar-refractivity contribution in [1.29, 1.82) is 0 Å². The second-order valence-electron chi connectivity index (χ2n) is 3.15. The minimum atomic E-state index is 0.764. The summed E-state index contributed by atoms with van der Waals surface area (Å²) in [5, 5.41) is 0. The Bertz CT molecular complexity index is 455. The van der Waals surface area contributed by atoms with Gasteiger partial charge in [-0.15, -0.1) is 0 Å². The first-order chi connectivity index (χ1) is 6.76. The number of benzene rings is 1. The fourth-order valence-corrected chi connectivity index (χ4v) is 2.03. The Morgan fingerprint density at radius 2 is 2.07 bits per heavy atom. The number of hydrogen-bond acceptors (Lipinski definition) is 1. The summed E-state index contributed by atoms with van der Waals surface area (Å²) in [6.07, 6.45) is 4.84. The molecule has 14 heavy (non-hydrogen) atoms. The molecule has 0 radical (unpaired) electrons. The maximum Gasteiger partial charge on any atom is 0.150 e. The Labute approximate surface area is 91.3 Å². The highest BCUT2D eigenvalue weighted by atomic mass is 79.9.